The van der Waals surface area contributed by atoms with Gasteiger partial charge in [0.25, 0.3) is 0 Å². The number of hydrogen-bond acceptors (Lipinski definition) is 4. The molecule has 0 bridgehead atoms. The molecule has 0 atom stereocenters. The summed E-state index contributed by atoms with van der Waals surface area (Å²) >= 11 is 3.24. The molecule has 0 unspecified atom stereocenters. The Morgan fingerprint density at radius 3 is 2.59 bits per heavy atom. The molecule has 0 radical (unpaired) electrons. The van der Waals surface area contributed by atoms with Gasteiger partial charge in [0.2, 0.25) is 0 Å². The first-order valence-corrected chi connectivity index (χ1v) is 8.99. The molecule has 0 saturated carbocycles. The zero-order valence-corrected chi connectivity index (χ0v) is 14.6. The SMILES string of the molecule is CC1(C)Cc2cccc(OS(=O)(=O)c3ccccc3Br)c2O1. The van der Waals surface area contributed by atoms with Gasteiger partial charge in [-0.15, -0.1) is 0 Å². The lowest BCUT2D eigenvalue weighted by molar-refractivity contribution is 0.136. The van der Waals surface area contributed by atoms with Crippen LogP contribution in [0.15, 0.2) is 51.8 Å². The van der Waals surface area contributed by atoms with E-state index in [-0.39, 0.29) is 16.2 Å². The standard InChI is InChI=1S/C16H15BrO4S/c1-16(2)10-11-6-5-8-13(15(11)20-16)21-22(18,19)14-9-4-3-7-12(14)17/h3-9H,10H2,1-2H3. The predicted molar refractivity (Wildman–Crippen MR) is 86.8 cm³/mol. The predicted octanol–water partition coefficient (Wildman–Crippen LogP) is 3.93. The third-order valence-corrected chi connectivity index (χ3v) is 5.61. The summed E-state index contributed by atoms with van der Waals surface area (Å²) in [4.78, 5) is 0.0878. The zero-order valence-electron chi connectivity index (χ0n) is 12.2. The van der Waals surface area contributed by atoms with Crippen molar-refractivity contribution in [2.75, 3.05) is 0 Å². The molecule has 6 heteroatoms. The summed E-state index contributed by atoms with van der Waals surface area (Å²) in [6, 6.07) is 11.8. The molecular weight excluding hydrogens is 368 g/mol. The molecule has 0 aliphatic carbocycles. The van der Waals surface area contributed by atoms with E-state index in [4.69, 9.17) is 8.92 Å². The first-order chi connectivity index (χ1) is 10.3. The summed E-state index contributed by atoms with van der Waals surface area (Å²) in [6.45, 7) is 3.91. The molecule has 0 fully saturated rings. The maximum Gasteiger partial charge on any atom is 0.340 e. The van der Waals surface area contributed by atoms with E-state index in [1.165, 1.54) is 6.07 Å². The second kappa shape index (κ2) is 5.28. The molecule has 1 aliphatic heterocycles. The quantitative estimate of drug-likeness (QED) is 0.754. The molecule has 0 N–H and O–H groups in total. The maximum absolute atomic E-state index is 12.5. The highest BCUT2D eigenvalue weighted by Gasteiger charge is 2.33. The van der Waals surface area contributed by atoms with E-state index in [0.29, 0.717) is 16.6 Å². The van der Waals surface area contributed by atoms with Gasteiger partial charge in [-0.25, -0.2) is 0 Å². The van der Waals surface area contributed by atoms with Gasteiger partial charge in [-0.1, -0.05) is 24.3 Å². The van der Waals surface area contributed by atoms with Crippen LogP contribution in [0.1, 0.15) is 19.4 Å². The van der Waals surface area contributed by atoms with Gasteiger partial charge in [0.15, 0.2) is 11.5 Å². The summed E-state index contributed by atoms with van der Waals surface area (Å²) < 4.78 is 36.6. The molecule has 4 nitrogen and oxygen atoms in total. The van der Waals surface area contributed by atoms with Crippen LogP contribution in [0.4, 0.5) is 0 Å². The van der Waals surface area contributed by atoms with Crippen LogP contribution < -0.4 is 8.92 Å². The molecule has 116 valence electrons. The van der Waals surface area contributed by atoms with Crippen molar-refractivity contribution >= 4 is 26.0 Å². The van der Waals surface area contributed by atoms with Gasteiger partial charge >= 0.3 is 10.1 Å². The Balaban J connectivity index is 1.99. The minimum absolute atomic E-state index is 0.0878. The van der Waals surface area contributed by atoms with Crippen LogP contribution in [0.3, 0.4) is 0 Å². The Kier molecular flexibility index (Phi) is 3.69. The van der Waals surface area contributed by atoms with Gasteiger partial charge in [-0.3, -0.25) is 0 Å². The number of rotatable bonds is 3. The fourth-order valence-corrected chi connectivity index (χ4v) is 4.35. The van der Waals surface area contributed by atoms with Crippen molar-refractivity contribution in [1.29, 1.82) is 0 Å². The molecule has 3 rings (SSSR count). The van der Waals surface area contributed by atoms with Gasteiger partial charge in [0, 0.05) is 16.5 Å². The zero-order chi connectivity index (χ0) is 16.0. The molecule has 0 amide bonds. The highest BCUT2D eigenvalue weighted by molar-refractivity contribution is 9.10. The van der Waals surface area contributed by atoms with E-state index in [9.17, 15) is 8.42 Å². The van der Waals surface area contributed by atoms with Gasteiger partial charge < -0.3 is 8.92 Å². The lowest BCUT2D eigenvalue weighted by Gasteiger charge is -2.18. The molecule has 0 saturated heterocycles. The number of fused-ring (bicyclic) bond motifs is 1. The summed E-state index contributed by atoms with van der Waals surface area (Å²) in [5.41, 5.74) is 0.587. The number of hydrogen-bond donors (Lipinski definition) is 0. The average Bonchev–Trinajstić information content (AvgIpc) is 2.74. The summed E-state index contributed by atoms with van der Waals surface area (Å²) in [5, 5.41) is 0. The van der Waals surface area contributed by atoms with Crippen LogP contribution in [0, 0.1) is 0 Å². The van der Waals surface area contributed by atoms with Crippen molar-refractivity contribution < 1.29 is 17.3 Å². The highest BCUT2D eigenvalue weighted by Crippen LogP contribution is 2.42. The molecule has 0 spiro atoms. The summed E-state index contributed by atoms with van der Waals surface area (Å²) in [5.74, 6) is 0.724. The van der Waals surface area contributed by atoms with Gasteiger partial charge in [0.05, 0.1) is 0 Å². The first kappa shape index (κ1) is 15.4. The Morgan fingerprint density at radius 2 is 1.86 bits per heavy atom. The van der Waals surface area contributed by atoms with Crippen LogP contribution in [-0.4, -0.2) is 14.0 Å². The average molecular weight is 383 g/mol. The Morgan fingerprint density at radius 1 is 1.14 bits per heavy atom. The van der Waals surface area contributed by atoms with E-state index < -0.39 is 10.1 Å². The van der Waals surface area contributed by atoms with E-state index in [1.807, 2.05) is 19.9 Å². The molecule has 22 heavy (non-hydrogen) atoms. The lowest BCUT2D eigenvalue weighted by atomic mass is 10.0. The molecular formula is C16H15BrO4S. The molecule has 1 aliphatic rings. The molecule has 2 aromatic rings. The van der Waals surface area contributed by atoms with E-state index in [1.54, 1.807) is 30.3 Å². The van der Waals surface area contributed by atoms with E-state index >= 15 is 0 Å². The third kappa shape index (κ3) is 2.85. The van der Waals surface area contributed by atoms with Crippen LogP contribution in [0.25, 0.3) is 0 Å². The maximum atomic E-state index is 12.5. The lowest BCUT2D eigenvalue weighted by Crippen LogP contribution is -2.24. The van der Waals surface area contributed by atoms with Crippen molar-refractivity contribution in [3.8, 4) is 11.5 Å². The summed E-state index contributed by atoms with van der Waals surface area (Å²) in [6.07, 6.45) is 0.717. The highest BCUT2D eigenvalue weighted by atomic mass is 79.9. The first-order valence-electron chi connectivity index (χ1n) is 6.78. The van der Waals surface area contributed by atoms with Crippen molar-refractivity contribution in [2.45, 2.75) is 30.8 Å². The number of ether oxygens (including phenoxy) is 1. The van der Waals surface area contributed by atoms with Crippen molar-refractivity contribution in [3.05, 3.63) is 52.5 Å². The molecule has 0 aromatic heterocycles. The number of benzene rings is 2. The van der Waals surface area contributed by atoms with Gasteiger partial charge in [-0.2, -0.15) is 8.42 Å². The Labute approximate surface area is 138 Å². The fourth-order valence-electron chi connectivity index (χ4n) is 2.46. The van der Waals surface area contributed by atoms with Crippen LogP contribution in [-0.2, 0) is 16.5 Å². The normalized spacial score (nSPS) is 16.0. The second-order valence-electron chi connectivity index (χ2n) is 5.75. The largest absolute Gasteiger partial charge is 0.483 e. The fraction of sp³-hybridized carbons (Fsp3) is 0.250. The van der Waals surface area contributed by atoms with E-state index in [0.717, 1.165) is 5.56 Å². The van der Waals surface area contributed by atoms with Crippen LogP contribution in [0.5, 0.6) is 11.5 Å². The van der Waals surface area contributed by atoms with Gasteiger partial charge in [0.1, 0.15) is 10.5 Å². The van der Waals surface area contributed by atoms with Crippen LogP contribution >= 0.6 is 15.9 Å². The number of halogens is 1. The minimum Gasteiger partial charge on any atom is -0.483 e. The Bertz CT molecular complexity index is 828. The van der Waals surface area contributed by atoms with Crippen molar-refractivity contribution in [1.82, 2.24) is 0 Å². The van der Waals surface area contributed by atoms with Crippen molar-refractivity contribution in [3.63, 3.8) is 0 Å². The monoisotopic (exact) mass is 382 g/mol. The van der Waals surface area contributed by atoms with Crippen LogP contribution in [0.2, 0.25) is 0 Å². The van der Waals surface area contributed by atoms with Gasteiger partial charge in [-0.05, 0) is 48.0 Å². The minimum atomic E-state index is -3.93. The third-order valence-electron chi connectivity index (χ3n) is 3.36. The number of para-hydroxylation sites is 1. The Hall–Kier alpha value is -1.53. The molecule has 2 aromatic carbocycles. The van der Waals surface area contributed by atoms with Crippen molar-refractivity contribution in [2.24, 2.45) is 0 Å². The smallest absolute Gasteiger partial charge is 0.340 e. The molecule has 1 heterocycles. The second-order valence-corrected chi connectivity index (χ2v) is 8.12. The topological polar surface area (TPSA) is 52.6 Å². The van der Waals surface area contributed by atoms with E-state index in [2.05, 4.69) is 15.9 Å². The summed E-state index contributed by atoms with van der Waals surface area (Å²) in [7, 11) is -3.93.